The number of anilines is 1. The van der Waals surface area contributed by atoms with Crippen molar-refractivity contribution < 1.29 is 27.8 Å². The van der Waals surface area contributed by atoms with Crippen LogP contribution in [0.3, 0.4) is 0 Å². The van der Waals surface area contributed by atoms with E-state index < -0.39 is 22.5 Å². The van der Waals surface area contributed by atoms with Crippen LogP contribution < -0.4 is 19.2 Å². The smallest absolute Gasteiger partial charge is 0.264 e. The number of rotatable bonds is 9. The van der Waals surface area contributed by atoms with Gasteiger partial charge in [0, 0.05) is 10.6 Å². The van der Waals surface area contributed by atoms with Crippen molar-refractivity contribution in [3.8, 4) is 17.2 Å². The number of phenols is 1. The maximum atomic E-state index is 13.4. The standard InChI is InChI=1S/C23H22ClN3O6S/c1-32-20-12-11-17(24)13-19(20)27(34(30,31)18-8-4-3-5-9-18)15-22(28)26-25-14-16-7-6-10-21(33-2)23(16)29/h3-14,29H,15H2,1-2H3,(H,26,28)/b25-14-. The Bertz CT molecular complexity index is 1300. The SMILES string of the molecule is COc1ccc(Cl)cc1N(CC(=O)N/N=C\c1cccc(OC)c1O)S(=O)(=O)c1ccccc1. The van der Waals surface area contributed by atoms with Crippen LogP contribution in [0.4, 0.5) is 5.69 Å². The third kappa shape index (κ3) is 5.59. The van der Waals surface area contributed by atoms with Crippen LogP contribution in [0, 0.1) is 0 Å². The highest BCUT2D eigenvalue weighted by molar-refractivity contribution is 7.92. The molecular formula is C23H22ClN3O6S. The Morgan fingerprint density at radius 1 is 1.06 bits per heavy atom. The number of phenolic OH excluding ortho intramolecular Hbond substituents is 1. The van der Waals surface area contributed by atoms with Gasteiger partial charge in [-0.25, -0.2) is 13.8 Å². The van der Waals surface area contributed by atoms with Crippen LogP contribution in [0.15, 0.2) is 76.7 Å². The number of ether oxygens (including phenoxy) is 2. The normalized spacial score (nSPS) is 11.3. The van der Waals surface area contributed by atoms with E-state index >= 15 is 0 Å². The van der Waals surface area contributed by atoms with Crippen LogP contribution in [-0.2, 0) is 14.8 Å². The Balaban J connectivity index is 1.91. The predicted octanol–water partition coefficient (Wildman–Crippen LogP) is 3.41. The number of sulfonamides is 1. The van der Waals surface area contributed by atoms with E-state index in [1.165, 1.54) is 44.7 Å². The molecule has 1 amide bonds. The van der Waals surface area contributed by atoms with Crippen molar-refractivity contribution in [2.75, 3.05) is 25.1 Å². The second kappa shape index (κ2) is 10.9. The molecular weight excluding hydrogens is 482 g/mol. The number of carbonyl (C=O) groups excluding carboxylic acids is 1. The summed E-state index contributed by atoms with van der Waals surface area (Å²) >= 11 is 6.11. The van der Waals surface area contributed by atoms with E-state index in [2.05, 4.69) is 10.5 Å². The fourth-order valence-electron chi connectivity index (χ4n) is 3.03. The van der Waals surface area contributed by atoms with Crippen LogP contribution in [-0.4, -0.2) is 46.4 Å². The molecule has 3 aromatic carbocycles. The molecule has 0 aliphatic rings. The molecule has 0 radical (unpaired) electrons. The lowest BCUT2D eigenvalue weighted by Gasteiger charge is -2.25. The monoisotopic (exact) mass is 503 g/mol. The first-order valence-electron chi connectivity index (χ1n) is 9.87. The first kappa shape index (κ1) is 24.9. The Morgan fingerprint density at radius 3 is 2.44 bits per heavy atom. The number of carbonyl (C=O) groups is 1. The molecule has 0 unspecified atom stereocenters. The molecule has 2 N–H and O–H groups in total. The summed E-state index contributed by atoms with van der Waals surface area (Å²) in [6.07, 6.45) is 1.21. The number of hydrogen-bond acceptors (Lipinski definition) is 7. The lowest BCUT2D eigenvalue weighted by atomic mass is 10.2. The summed E-state index contributed by atoms with van der Waals surface area (Å²) in [6.45, 7) is -0.616. The van der Waals surface area contributed by atoms with Gasteiger partial charge in [-0.3, -0.25) is 9.10 Å². The minimum Gasteiger partial charge on any atom is -0.504 e. The third-order valence-electron chi connectivity index (χ3n) is 4.67. The number of hydrogen-bond donors (Lipinski definition) is 2. The van der Waals surface area contributed by atoms with Gasteiger partial charge >= 0.3 is 0 Å². The molecule has 0 atom stereocenters. The molecule has 3 rings (SSSR count). The van der Waals surface area contributed by atoms with Gasteiger partial charge < -0.3 is 14.6 Å². The highest BCUT2D eigenvalue weighted by Gasteiger charge is 2.29. The molecule has 0 saturated carbocycles. The van der Waals surface area contributed by atoms with E-state index in [9.17, 15) is 18.3 Å². The lowest BCUT2D eigenvalue weighted by molar-refractivity contribution is -0.119. The largest absolute Gasteiger partial charge is 0.504 e. The number of hydrazone groups is 1. The summed E-state index contributed by atoms with van der Waals surface area (Å²) in [4.78, 5) is 12.7. The Kier molecular flexibility index (Phi) is 7.98. The van der Waals surface area contributed by atoms with Gasteiger partial charge in [-0.1, -0.05) is 35.9 Å². The van der Waals surface area contributed by atoms with Gasteiger partial charge in [0.25, 0.3) is 15.9 Å². The molecule has 0 saturated heterocycles. The molecule has 11 heteroatoms. The van der Waals surface area contributed by atoms with Gasteiger partial charge in [-0.15, -0.1) is 0 Å². The van der Waals surface area contributed by atoms with Crippen LogP contribution >= 0.6 is 11.6 Å². The van der Waals surface area contributed by atoms with E-state index in [0.717, 1.165) is 4.31 Å². The van der Waals surface area contributed by atoms with E-state index in [0.29, 0.717) is 5.56 Å². The minimum atomic E-state index is -4.17. The van der Waals surface area contributed by atoms with E-state index in [-0.39, 0.29) is 32.9 Å². The molecule has 0 heterocycles. The van der Waals surface area contributed by atoms with Crippen molar-refractivity contribution in [1.82, 2.24) is 5.43 Å². The Morgan fingerprint density at radius 2 is 1.76 bits per heavy atom. The van der Waals surface area contributed by atoms with E-state index in [4.69, 9.17) is 21.1 Å². The van der Waals surface area contributed by atoms with Gasteiger partial charge in [0.2, 0.25) is 0 Å². The minimum absolute atomic E-state index is 0.0189. The molecule has 3 aromatic rings. The van der Waals surface area contributed by atoms with Crippen LogP contribution in [0.1, 0.15) is 5.56 Å². The summed E-state index contributed by atoms with van der Waals surface area (Å²) in [5.74, 6) is -0.440. The summed E-state index contributed by atoms with van der Waals surface area (Å²) < 4.78 is 38.1. The van der Waals surface area contributed by atoms with Gasteiger partial charge in [0.1, 0.15) is 12.3 Å². The molecule has 178 valence electrons. The Labute approximate surface area is 202 Å². The van der Waals surface area contributed by atoms with Gasteiger partial charge in [-0.05, 0) is 42.5 Å². The maximum Gasteiger partial charge on any atom is 0.264 e. The average molecular weight is 504 g/mol. The molecule has 0 bridgehead atoms. The second-order valence-electron chi connectivity index (χ2n) is 6.83. The number of para-hydroxylation sites is 1. The number of methoxy groups -OCH3 is 2. The topological polar surface area (TPSA) is 118 Å². The van der Waals surface area contributed by atoms with Crippen molar-refractivity contribution >= 4 is 39.4 Å². The highest BCUT2D eigenvalue weighted by atomic mass is 35.5. The number of nitrogens with zero attached hydrogens (tertiary/aromatic N) is 2. The zero-order valence-electron chi connectivity index (χ0n) is 18.3. The summed E-state index contributed by atoms with van der Waals surface area (Å²) in [5.41, 5.74) is 2.65. The number of halogens is 1. The fraction of sp³-hybridized carbons (Fsp3) is 0.130. The third-order valence-corrected chi connectivity index (χ3v) is 6.68. The zero-order valence-corrected chi connectivity index (χ0v) is 19.9. The van der Waals surface area contributed by atoms with Crippen LogP contribution in [0.2, 0.25) is 5.02 Å². The zero-order chi connectivity index (χ0) is 24.7. The fourth-order valence-corrected chi connectivity index (χ4v) is 4.64. The molecule has 0 aromatic heterocycles. The second-order valence-corrected chi connectivity index (χ2v) is 9.13. The summed E-state index contributed by atoms with van der Waals surface area (Å²) in [7, 11) is -1.38. The van der Waals surface area contributed by atoms with Crippen molar-refractivity contribution in [2.24, 2.45) is 5.10 Å². The summed E-state index contributed by atoms with van der Waals surface area (Å²) in [5, 5.41) is 14.2. The maximum absolute atomic E-state index is 13.4. The Hall–Kier alpha value is -3.76. The van der Waals surface area contributed by atoms with Gasteiger partial charge in [0.05, 0.1) is 31.0 Å². The first-order valence-corrected chi connectivity index (χ1v) is 11.7. The van der Waals surface area contributed by atoms with Crippen molar-refractivity contribution in [1.29, 1.82) is 0 Å². The molecule has 9 nitrogen and oxygen atoms in total. The molecule has 0 spiro atoms. The van der Waals surface area contributed by atoms with Crippen LogP contribution in [0.5, 0.6) is 17.2 Å². The van der Waals surface area contributed by atoms with Crippen molar-refractivity contribution in [3.63, 3.8) is 0 Å². The first-order chi connectivity index (χ1) is 16.3. The molecule has 0 aliphatic heterocycles. The summed E-state index contributed by atoms with van der Waals surface area (Å²) in [6, 6.07) is 16.9. The van der Waals surface area contributed by atoms with Crippen molar-refractivity contribution in [3.05, 3.63) is 77.3 Å². The molecule has 0 aliphatic carbocycles. The predicted molar refractivity (Wildman–Crippen MR) is 129 cm³/mol. The lowest BCUT2D eigenvalue weighted by Crippen LogP contribution is -2.39. The number of nitrogens with one attached hydrogen (secondary N) is 1. The number of aromatic hydroxyl groups is 1. The van der Waals surface area contributed by atoms with E-state index in [1.54, 1.807) is 42.5 Å². The molecule has 0 fully saturated rings. The highest BCUT2D eigenvalue weighted by Crippen LogP contribution is 2.34. The quantitative estimate of drug-likeness (QED) is 0.341. The van der Waals surface area contributed by atoms with Gasteiger partial charge in [-0.2, -0.15) is 5.10 Å². The number of amides is 1. The van der Waals surface area contributed by atoms with Crippen LogP contribution in [0.25, 0.3) is 0 Å². The number of benzene rings is 3. The van der Waals surface area contributed by atoms with E-state index in [1.807, 2.05) is 0 Å². The average Bonchev–Trinajstić information content (AvgIpc) is 2.84. The molecule has 34 heavy (non-hydrogen) atoms. The van der Waals surface area contributed by atoms with Crippen molar-refractivity contribution in [2.45, 2.75) is 4.90 Å². The van der Waals surface area contributed by atoms with Gasteiger partial charge in [0.15, 0.2) is 11.5 Å².